The zero-order chi connectivity index (χ0) is 17.6. The van der Waals surface area contributed by atoms with Gasteiger partial charge in [0.1, 0.15) is 11.5 Å². The van der Waals surface area contributed by atoms with Crippen molar-refractivity contribution in [3.05, 3.63) is 41.2 Å². The number of methoxy groups -OCH3 is 1. The standard InChI is InChI=1S/C22H28O3/c1-4-22-12-11-18-17-8-6-16(24-3)13-15(17)5-7-19(18)20(22)9-10-21(22)25-14(2)23/h6,8,10,13,18-20H,4-5,7,9,11-12H2,1-3H3/t18-,19-,20+,22+/m1/s1. The Labute approximate surface area is 150 Å². The number of fused-ring (bicyclic) bond motifs is 5. The second kappa shape index (κ2) is 6.19. The minimum atomic E-state index is -0.178. The Morgan fingerprint density at radius 3 is 2.88 bits per heavy atom. The van der Waals surface area contributed by atoms with Crippen LogP contribution >= 0.6 is 0 Å². The molecule has 1 aromatic rings. The zero-order valence-electron chi connectivity index (χ0n) is 15.5. The molecule has 1 fully saturated rings. The third-order valence-corrected chi connectivity index (χ3v) is 7.07. The van der Waals surface area contributed by atoms with Gasteiger partial charge in [0, 0.05) is 12.3 Å². The highest BCUT2D eigenvalue weighted by molar-refractivity contribution is 5.67. The summed E-state index contributed by atoms with van der Waals surface area (Å²) in [7, 11) is 1.74. The fourth-order valence-corrected chi connectivity index (χ4v) is 5.96. The summed E-state index contributed by atoms with van der Waals surface area (Å²) in [6, 6.07) is 6.63. The molecule has 0 bridgehead atoms. The molecule has 25 heavy (non-hydrogen) atoms. The molecule has 134 valence electrons. The minimum Gasteiger partial charge on any atom is -0.497 e. The number of carbonyl (C=O) groups excluding carboxylic acids is 1. The van der Waals surface area contributed by atoms with Crippen molar-refractivity contribution in [2.45, 2.75) is 58.3 Å². The van der Waals surface area contributed by atoms with Crippen LogP contribution in [0.15, 0.2) is 30.0 Å². The average Bonchev–Trinajstić information content (AvgIpc) is 2.99. The summed E-state index contributed by atoms with van der Waals surface area (Å²) >= 11 is 0. The highest BCUT2D eigenvalue weighted by Gasteiger charge is 2.54. The number of allylic oxidation sites excluding steroid dienone is 2. The van der Waals surface area contributed by atoms with Gasteiger partial charge in [-0.25, -0.2) is 0 Å². The number of hydrogen-bond donors (Lipinski definition) is 0. The number of rotatable bonds is 3. The lowest BCUT2D eigenvalue weighted by Crippen LogP contribution is -2.43. The zero-order valence-corrected chi connectivity index (χ0v) is 15.5. The summed E-state index contributed by atoms with van der Waals surface area (Å²) in [6.45, 7) is 3.78. The quantitative estimate of drug-likeness (QED) is 0.727. The topological polar surface area (TPSA) is 35.5 Å². The molecule has 0 N–H and O–H groups in total. The largest absolute Gasteiger partial charge is 0.497 e. The second-order valence-corrected chi connectivity index (χ2v) is 7.93. The van der Waals surface area contributed by atoms with E-state index in [1.807, 2.05) is 0 Å². The van der Waals surface area contributed by atoms with Gasteiger partial charge in [-0.3, -0.25) is 4.79 Å². The van der Waals surface area contributed by atoms with E-state index in [4.69, 9.17) is 9.47 Å². The maximum absolute atomic E-state index is 11.6. The van der Waals surface area contributed by atoms with Crippen molar-refractivity contribution < 1.29 is 14.3 Å². The second-order valence-electron chi connectivity index (χ2n) is 7.93. The first-order chi connectivity index (χ1) is 12.1. The van der Waals surface area contributed by atoms with Crippen LogP contribution in [0.5, 0.6) is 5.75 Å². The predicted molar refractivity (Wildman–Crippen MR) is 97.5 cm³/mol. The van der Waals surface area contributed by atoms with Gasteiger partial charge in [-0.05, 0) is 85.6 Å². The average molecular weight is 340 g/mol. The third kappa shape index (κ3) is 2.51. The molecular formula is C22H28O3. The van der Waals surface area contributed by atoms with Gasteiger partial charge in [-0.1, -0.05) is 13.0 Å². The Morgan fingerprint density at radius 2 is 2.16 bits per heavy atom. The number of hydrogen-bond acceptors (Lipinski definition) is 3. The van der Waals surface area contributed by atoms with E-state index in [0.717, 1.165) is 37.2 Å². The fourth-order valence-electron chi connectivity index (χ4n) is 5.96. The monoisotopic (exact) mass is 340 g/mol. The molecule has 4 rings (SSSR count). The lowest BCUT2D eigenvalue weighted by atomic mass is 9.54. The smallest absolute Gasteiger partial charge is 0.307 e. The van der Waals surface area contributed by atoms with Gasteiger partial charge in [0.15, 0.2) is 0 Å². The van der Waals surface area contributed by atoms with Gasteiger partial charge in [-0.15, -0.1) is 0 Å². The predicted octanol–water partition coefficient (Wildman–Crippen LogP) is 5.00. The fraction of sp³-hybridized carbons (Fsp3) is 0.591. The molecule has 0 amide bonds. The van der Waals surface area contributed by atoms with Crippen LogP contribution in [-0.2, 0) is 16.0 Å². The number of aryl methyl sites for hydroxylation is 1. The highest BCUT2D eigenvalue weighted by Crippen LogP contribution is 2.62. The molecule has 0 radical (unpaired) electrons. The first-order valence-electron chi connectivity index (χ1n) is 9.65. The van der Waals surface area contributed by atoms with Crippen molar-refractivity contribution >= 4 is 5.97 Å². The molecule has 1 aromatic carbocycles. The minimum absolute atomic E-state index is 0.0802. The van der Waals surface area contributed by atoms with Gasteiger partial charge >= 0.3 is 5.97 Å². The van der Waals surface area contributed by atoms with Crippen LogP contribution in [0.3, 0.4) is 0 Å². The molecule has 0 spiro atoms. The van der Waals surface area contributed by atoms with E-state index in [1.54, 1.807) is 7.11 Å². The normalized spacial score (nSPS) is 32.9. The van der Waals surface area contributed by atoms with Gasteiger partial charge in [0.05, 0.1) is 7.11 Å². The molecular weight excluding hydrogens is 312 g/mol. The molecule has 1 saturated carbocycles. The number of benzene rings is 1. The number of ether oxygens (including phenoxy) is 2. The lowest BCUT2D eigenvalue weighted by molar-refractivity contribution is -0.140. The number of carbonyl (C=O) groups is 1. The van der Waals surface area contributed by atoms with Crippen LogP contribution in [0.4, 0.5) is 0 Å². The lowest BCUT2D eigenvalue weighted by Gasteiger charge is -2.51. The van der Waals surface area contributed by atoms with E-state index in [-0.39, 0.29) is 11.4 Å². The Balaban J connectivity index is 1.65. The van der Waals surface area contributed by atoms with Crippen LogP contribution in [0.1, 0.15) is 63.0 Å². The highest BCUT2D eigenvalue weighted by atomic mass is 16.5. The maximum Gasteiger partial charge on any atom is 0.307 e. The van der Waals surface area contributed by atoms with Crippen LogP contribution in [0, 0.1) is 17.3 Å². The van der Waals surface area contributed by atoms with Gasteiger partial charge in [0.25, 0.3) is 0 Å². The summed E-state index contributed by atoms with van der Waals surface area (Å²) in [6.07, 6.45) is 9.01. The Hall–Kier alpha value is -1.77. The summed E-state index contributed by atoms with van der Waals surface area (Å²) in [4.78, 5) is 11.6. The molecule has 0 heterocycles. The molecule has 0 saturated heterocycles. The summed E-state index contributed by atoms with van der Waals surface area (Å²) < 4.78 is 11.1. The molecule has 0 aliphatic heterocycles. The molecule has 3 heteroatoms. The molecule has 3 nitrogen and oxygen atoms in total. The molecule has 4 atom stereocenters. The summed E-state index contributed by atoms with van der Waals surface area (Å²) in [5, 5.41) is 0. The summed E-state index contributed by atoms with van der Waals surface area (Å²) in [5.41, 5.74) is 3.08. The van der Waals surface area contributed by atoms with Crippen LogP contribution in [-0.4, -0.2) is 13.1 Å². The van der Waals surface area contributed by atoms with E-state index in [9.17, 15) is 4.79 Å². The van der Waals surface area contributed by atoms with E-state index >= 15 is 0 Å². The van der Waals surface area contributed by atoms with E-state index in [1.165, 1.54) is 30.9 Å². The van der Waals surface area contributed by atoms with Crippen LogP contribution in [0.25, 0.3) is 0 Å². The van der Waals surface area contributed by atoms with E-state index in [0.29, 0.717) is 17.8 Å². The Kier molecular flexibility index (Phi) is 4.13. The Morgan fingerprint density at radius 1 is 1.32 bits per heavy atom. The van der Waals surface area contributed by atoms with Crippen LogP contribution in [0.2, 0.25) is 0 Å². The SMILES string of the molecule is CC[C@]12CC[C@@H]3c4ccc(OC)cc4CC[C@H]3[C@@H]1CC=C2OC(C)=O. The van der Waals surface area contributed by atoms with Crippen molar-refractivity contribution in [3.63, 3.8) is 0 Å². The first-order valence-corrected chi connectivity index (χ1v) is 9.65. The van der Waals surface area contributed by atoms with Gasteiger partial charge < -0.3 is 9.47 Å². The summed E-state index contributed by atoms with van der Waals surface area (Å²) in [5.74, 6) is 3.70. The molecule has 3 aliphatic rings. The van der Waals surface area contributed by atoms with E-state index in [2.05, 4.69) is 31.2 Å². The van der Waals surface area contributed by atoms with Crippen molar-refractivity contribution in [3.8, 4) is 5.75 Å². The number of esters is 1. The Bertz CT molecular complexity index is 720. The third-order valence-electron chi connectivity index (χ3n) is 7.07. The van der Waals surface area contributed by atoms with Crippen LogP contribution < -0.4 is 4.74 Å². The van der Waals surface area contributed by atoms with Gasteiger partial charge in [-0.2, -0.15) is 0 Å². The van der Waals surface area contributed by atoms with Crippen molar-refractivity contribution in [1.29, 1.82) is 0 Å². The van der Waals surface area contributed by atoms with Crippen molar-refractivity contribution in [1.82, 2.24) is 0 Å². The molecule has 0 unspecified atom stereocenters. The maximum atomic E-state index is 11.6. The van der Waals surface area contributed by atoms with Crippen molar-refractivity contribution in [2.75, 3.05) is 7.11 Å². The molecule has 0 aromatic heterocycles. The first kappa shape index (κ1) is 16.7. The van der Waals surface area contributed by atoms with Gasteiger partial charge in [0.2, 0.25) is 0 Å². The molecule has 3 aliphatic carbocycles. The van der Waals surface area contributed by atoms with Crippen molar-refractivity contribution in [2.24, 2.45) is 17.3 Å². The van der Waals surface area contributed by atoms with E-state index < -0.39 is 0 Å².